The molecule has 23 heavy (non-hydrogen) atoms. The predicted octanol–water partition coefficient (Wildman–Crippen LogP) is 2.75. The number of aromatic nitrogens is 1. The van der Waals surface area contributed by atoms with Gasteiger partial charge in [0.1, 0.15) is 10.6 Å². The summed E-state index contributed by atoms with van der Waals surface area (Å²) in [5, 5.41) is 0. The van der Waals surface area contributed by atoms with E-state index in [0.29, 0.717) is 12.3 Å². The Morgan fingerprint density at radius 2 is 2.09 bits per heavy atom. The molecule has 0 aliphatic heterocycles. The van der Waals surface area contributed by atoms with Crippen LogP contribution in [0.5, 0.6) is 5.75 Å². The van der Waals surface area contributed by atoms with Gasteiger partial charge in [-0.2, -0.15) is 4.31 Å². The van der Waals surface area contributed by atoms with Crippen molar-refractivity contribution in [2.45, 2.75) is 37.2 Å². The van der Waals surface area contributed by atoms with E-state index in [0.717, 1.165) is 24.0 Å². The second kappa shape index (κ2) is 6.29. The van der Waals surface area contributed by atoms with E-state index in [4.69, 9.17) is 4.74 Å². The maximum Gasteiger partial charge on any atom is 0.247 e. The average Bonchev–Trinajstić information content (AvgIpc) is 3.38. The predicted molar refractivity (Wildman–Crippen MR) is 87.7 cm³/mol. The molecule has 0 saturated heterocycles. The molecule has 1 heterocycles. The van der Waals surface area contributed by atoms with Gasteiger partial charge in [0.15, 0.2) is 0 Å². The minimum absolute atomic E-state index is 0.0606. The van der Waals surface area contributed by atoms with Crippen LogP contribution in [0.4, 0.5) is 0 Å². The Morgan fingerprint density at radius 3 is 2.70 bits per heavy atom. The number of hydrogen-bond donors (Lipinski definition) is 0. The Bertz CT molecular complexity index is 787. The quantitative estimate of drug-likeness (QED) is 0.816. The van der Waals surface area contributed by atoms with E-state index < -0.39 is 10.0 Å². The average molecular weight is 332 g/mol. The molecule has 1 aliphatic carbocycles. The summed E-state index contributed by atoms with van der Waals surface area (Å²) in [7, 11) is -2.13. The molecule has 1 fully saturated rings. The van der Waals surface area contributed by atoms with Gasteiger partial charge in [0.2, 0.25) is 10.0 Å². The van der Waals surface area contributed by atoms with E-state index in [1.165, 1.54) is 7.11 Å². The third-order valence-corrected chi connectivity index (χ3v) is 5.84. The van der Waals surface area contributed by atoms with Gasteiger partial charge in [-0.25, -0.2) is 8.42 Å². The lowest BCUT2D eigenvalue weighted by atomic mass is 10.2. The van der Waals surface area contributed by atoms with E-state index in [-0.39, 0.29) is 10.9 Å². The maximum atomic E-state index is 13.2. The van der Waals surface area contributed by atoms with Crippen LogP contribution < -0.4 is 4.74 Å². The molecule has 1 aromatic carbocycles. The van der Waals surface area contributed by atoms with Crippen molar-refractivity contribution in [3.05, 3.63) is 53.9 Å². The highest BCUT2D eigenvalue weighted by Gasteiger charge is 2.39. The topological polar surface area (TPSA) is 59.5 Å². The molecule has 0 amide bonds. The smallest absolute Gasteiger partial charge is 0.247 e. The number of sulfonamides is 1. The number of benzene rings is 1. The summed E-state index contributed by atoms with van der Waals surface area (Å²) in [6, 6.07) is 9.00. The van der Waals surface area contributed by atoms with E-state index >= 15 is 0 Å². The van der Waals surface area contributed by atoms with Gasteiger partial charge in [0.05, 0.1) is 7.11 Å². The van der Waals surface area contributed by atoms with Crippen LogP contribution in [0.1, 0.15) is 24.0 Å². The fourth-order valence-electron chi connectivity index (χ4n) is 2.56. The first-order valence-electron chi connectivity index (χ1n) is 7.58. The molecule has 0 unspecified atom stereocenters. The Kier molecular flexibility index (Phi) is 4.37. The second-order valence-corrected chi connectivity index (χ2v) is 7.66. The molecule has 122 valence electrons. The zero-order chi connectivity index (χ0) is 16.4. The van der Waals surface area contributed by atoms with E-state index in [1.807, 2.05) is 25.1 Å². The van der Waals surface area contributed by atoms with Gasteiger partial charge >= 0.3 is 0 Å². The standard InChI is InChI=1S/C17H20N2O3S/c1-13-5-8-16(22-2)17(10-13)23(20,21)19(15-6-7-15)12-14-4-3-9-18-11-14/h3-5,8-11,15H,6-7,12H2,1-2H3. The monoisotopic (exact) mass is 332 g/mol. The van der Waals surface area contributed by atoms with Crippen LogP contribution in [0, 0.1) is 6.92 Å². The summed E-state index contributed by atoms with van der Waals surface area (Å²) in [5.74, 6) is 0.382. The molecule has 0 spiro atoms. The van der Waals surface area contributed by atoms with Crippen LogP contribution in [0.25, 0.3) is 0 Å². The molecule has 3 rings (SSSR count). The fourth-order valence-corrected chi connectivity index (χ4v) is 4.47. The van der Waals surface area contributed by atoms with Crippen LogP contribution in [0.15, 0.2) is 47.6 Å². The SMILES string of the molecule is COc1ccc(C)cc1S(=O)(=O)N(Cc1cccnc1)C1CC1. The first-order valence-corrected chi connectivity index (χ1v) is 9.02. The number of ether oxygens (including phenoxy) is 1. The number of hydrogen-bond acceptors (Lipinski definition) is 4. The third-order valence-electron chi connectivity index (χ3n) is 3.92. The molecular weight excluding hydrogens is 312 g/mol. The summed E-state index contributed by atoms with van der Waals surface area (Å²) in [4.78, 5) is 4.31. The van der Waals surface area contributed by atoms with E-state index in [2.05, 4.69) is 4.98 Å². The van der Waals surface area contributed by atoms with Crippen molar-refractivity contribution in [1.29, 1.82) is 0 Å². The lowest BCUT2D eigenvalue weighted by Gasteiger charge is -2.23. The Balaban J connectivity index is 2.00. The molecule has 6 heteroatoms. The zero-order valence-electron chi connectivity index (χ0n) is 13.3. The lowest BCUT2D eigenvalue weighted by molar-refractivity contribution is 0.381. The zero-order valence-corrected chi connectivity index (χ0v) is 14.1. The summed E-state index contributed by atoms with van der Waals surface area (Å²) < 4.78 is 33.2. The largest absolute Gasteiger partial charge is 0.495 e. The summed E-state index contributed by atoms with van der Waals surface area (Å²) in [6.07, 6.45) is 5.18. The van der Waals surface area contributed by atoms with Crippen molar-refractivity contribution < 1.29 is 13.2 Å². The van der Waals surface area contributed by atoms with Crippen LogP contribution in [-0.2, 0) is 16.6 Å². The normalized spacial score (nSPS) is 14.9. The summed E-state index contributed by atoms with van der Waals surface area (Å²) in [5.41, 5.74) is 1.77. The number of pyridine rings is 1. The van der Waals surface area contributed by atoms with Gasteiger partial charge in [0.25, 0.3) is 0 Å². The molecule has 2 aromatic rings. The second-order valence-electron chi connectivity index (χ2n) is 5.80. The maximum absolute atomic E-state index is 13.2. The molecular formula is C17H20N2O3S. The van der Waals surface area contributed by atoms with Crippen molar-refractivity contribution in [2.75, 3.05) is 7.11 Å². The molecule has 0 atom stereocenters. The van der Waals surface area contributed by atoms with E-state index in [9.17, 15) is 8.42 Å². The van der Waals surface area contributed by atoms with Gasteiger partial charge in [-0.1, -0.05) is 12.1 Å². The first kappa shape index (κ1) is 16.0. The molecule has 1 aromatic heterocycles. The number of rotatable bonds is 6. The summed E-state index contributed by atoms with van der Waals surface area (Å²) >= 11 is 0. The molecule has 1 saturated carbocycles. The van der Waals surface area contributed by atoms with Gasteiger partial charge in [-0.3, -0.25) is 4.98 Å². The Labute approximate surface area is 137 Å². The third kappa shape index (κ3) is 3.38. The molecule has 5 nitrogen and oxygen atoms in total. The van der Waals surface area contributed by atoms with Crippen molar-refractivity contribution in [1.82, 2.24) is 9.29 Å². The van der Waals surface area contributed by atoms with Gasteiger partial charge in [0, 0.05) is 25.0 Å². The highest BCUT2D eigenvalue weighted by atomic mass is 32.2. The minimum atomic E-state index is -3.62. The lowest BCUT2D eigenvalue weighted by Crippen LogP contribution is -2.33. The Morgan fingerprint density at radius 1 is 1.30 bits per heavy atom. The number of nitrogens with zero attached hydrogens (tertiary/aromatic N) is 2. The van der Waals surface area contributed by atoms with E-state index in [1.54, 1.807) is 28.8 Å². The Hall–Kier alpha value is -1.92. The molecule has 0 radical (unpaired) electrons. The van der Waals surface area contributed by atoms with Crippen LogP contribution in [0.2, 0.25) is 0 Å². The minimum Gasteiger partial charge on any atom is -0.495 e. The van der Waals surface area contributed by atoms with Crippen LogP contribution >= 0.6 is 0 Å². The van der Waals surface area contributed by atoms with Crippen molar-refractivity contribution >= 4 is 10.0 Å². The van der Waals surface area contributed by atoms with Crippen molar-refractivity contribution in [2.24, 2.45) is 0 Å². The number of aryl methyl sites for hydroxylation is 1. The van der Waals surface area contributed by atoms with Crippen LogP contribution in [-0.4, -0.2) is 30.9 Å². The molecule has 0 N–H and O–H groups in total. The van der Waals surface area contributed by atoms with Gasteiger partial charge in [-0.15, -0.1) is 0 Å². The first-order chi connectivity index (χ1) is 11.0. The number of methoxy groups -OCH3 is 1. The summed E-state index contributed by atoms with van der Waals surface area (Å²) in [6.45, 7) is 2.21. The van der Waals surface area contributed by atoms with Gasteiger partial charge in [-0.05, 0) is 49.1 Å². The highest BCUT2D eigenvalue weighted by Crippen LogP contribution is 2.36. The van der Waals surface area contributed by atoms with Crippen molar-refractivity contribution in [3.8, 4) is 5.75 Å². The van der Waals surface area contributed by atoms with Gasteiger partial charge < -0.3 is 4.74 Å². The van der Waals surface area contributed by atoms with Crippen LogP contribution in [0.3, 0.4) is 0 Å². The molecule has 1 aliphatic rings. The fraction of sp³-hybridized carbons (Fsp3) is 0.353. The highest BCUT2D eigenvalue weighted by molar-refractivity contribution is 7.89. The molecule has 0 bridgehead atoms. The van der Waals surface area contributed by atoms with Crippen molar-refractivity contribution in [3.63, 3.8) is 0 Å².